The molecule has 1 heterocycles. The second kappa shape index (κ2) is 5.61. The fraction of sp³-hybridized carbons (Fsp3) is 0.571. The van der Waals surface area contributed by atoms with Crippen molar-refractivity contribution in [3.63, 3.8) is 0 Å². The Labute approximate surface area is 120 Å². The van der Waals surface area contributed by atoms with Gasteiger partial charge in [0.2, 0.25) is 0 Å². The van der Waals surface area contributed by atoms with Gasteiger partial charge in [0, 0.05) is 24.3 Å². The highest BCUT2D eigenvalue weighted by molar-refractivity contribution is 7.91. The van der Waals surface area contributed by atoms with Crippen molar-refractivity contribution in [3.05, 3.63) is 23.8 Å². The molecule has 5 nitrogen and oxygen atoms in total. The van der Waals surface area contributed by atoms with Gasteiger partial charge in [-0.2, -0.15) is 0 Å². The Morgan fingerprint density at radius 1 is 1.45 bits per heavy atom. The summed E-state index contributed by atoms with van der Waals surface area (Å²) in [5, 5.41) is 9.99. The van der Waals surface area contributed by atoms with Crippen molar-refractivity contribution in [2.45, 2.75) is 25.5 Å². The van der Waals surface area contributed by atoms with E-state index in [-0.39, 0.29) is 17.5 Å². The molecule has 0 bridgehead atoms. The minimum absolute atomic E-state index is 0.0513. The zero-order chi connectivity index (χ0) is 14.9. The predicted molar refractivity (Wildman–Crippen MR) is 79.1 cm³/mol. The largest absolute Gasteiger partial charge is 0.496 e. The molecule has 1 unspecified atom stereocenters. The summed E-state index contributed by atoms with van der Waals surface area (Å²) in [5.41, 5.74) is 1.52. The summed E-state index contributed by atoms with van der Waals surface area (Å²) in [6.07, 6.45) is -0.0587. The molecule has 0 aliphatic carbocycles. The van der Waals surface area contributed by atoms with Crippen molar-refractivity contribution in [1.29, 1.82) is 0 Å². The molecular weight excluding hydrogens is 278 g/mol. The van der Waals surface area contributed by atoms with Crippen molar-refractivity contribution < 1.29 is 18.3 Å². The normalized spacial score (nSPS) is 22.5. The number of nitrogens with zero attached hydrogens (tertiary/aromatic N) is 1. The first kappa shape index (κ1) is 15.1. The highest BCUT2D eigenvalue weighted by Gasteiger charge is 2.32. The summed E-state index contributed by atoms with van der Waals surface area (Å²) in [6, 6.07) is 5.48. The topological polar surface area (TPSA) is 66.8 Å². The van der Waals surface area contributed by atoms with Gasteiger partial charge in [-0.3, -0.25) is 0 Å². The van der Waals surface area contributed by atoms with E-state index in [9.17, 15) is 13.5 Å². The van der Waals surface area contributed by atoms with Crippen LogP contribution in [0, 0.1) is 0 Å². The fourth-order valence-electron chi connectivity index (χ4n) is 2.72. The second-order valence-electron chi connectivity index (χ2n) is 5.24. The number of benzene rings is 1. The zero-order valence-corrected chi connectivity index (χ0v) is 12.9. The molecule has 2 rings (SSSR count). The molecule has 112 valence electrons. The van der Waals surface area contributed by atoms with Crippen LogP contribution in [0.1, 0.15) is 25.0 Å². The van der Waals surface area contributed by atoms with E-state index in [1.54, 1.807) is 20.1 Å². The molecule has 1 aromatic rings. The van der Waals surface area contributed by atoms with E-state index < -0.39 is 15.9 Å². The maximum Gasteiger partial charge on any atom is 0.152 e. The third kappa shape index (κ3) is 2.91. The maximum absolute atomic E-state index is 11.6. The average Bonchev–Trinajstić information content (AvgIpc) is 2.77. The van der Waals surface area contributed by atoms with Crippen LogP contribution in [0.5, 0.6) is 5.75 Å². The Morgan fingerprint density at radius 3 is 2.65 bits per heavy atom. The first-order valence-electron chi connectivity index (χ1n) is 6.64. The summed E-state index contributed by atoms with van der Waals surface area (Å²) in [4.78, 5) is 1.94. The highest BCUT2D eigenvalue weighted by atomic mass is 32.2. The summed E-state index contributed by atoms with van der Waals surface area (Å²) < 4.78 is 28.5. The quantitative estimate of drug-likeness (QED) is 0.909. The Hall–Kier alpha value is -1.27. The number of hydrogen-bond acceptors (Lipinski definition) is 5. The first-order chi connectivity index (χ1) is 9.35. The van der Waals surface area contributed by atoms with Crippen molar-refractivity contribution >= 4 is 15.5 Å². The van der Waals surface area contributed by atoms with E-state index >= 15 is 0 Å². The predicted octanol–water partition coefficient (Wildman–Crippen LogP) is 1.37. The number of anilines is 1. The molecule has 1 aliphatic heterocycles. The third-order valence-electron chi connectivity index (χ3n) is 3.82. The monoisotopic (exact) mass is 299 g/mol. The number of ether oxygens (including phenoxy) is 1. The van der Waals surface area contributed by atoms with Crippen LogP contribution in [0.3, 0.4) is 0 Å². The summed E-state index contributed by atoms with van der Waals surface area (Å²) >= 11 is 0. The van der Waals surface area contributed by atoms with Gasteiger partial charge in [0.15, 0.2) is 9.84 Å². The SMILES string of the molecule is COc1cccc(N(C)C2CCS(=O)(=O)C2)c1[C@@H](C)O. The Balaban J connectivity index is 2.37. The van der Waals surface area contributed by atoms with Crippen LogP contribution in [-0.2, 0) is 9.84 Å². The average molecular weight is 299 g/mol. The molecule has 0 saturated carbocycles. The smallest absolute Gasteiger partial charge is 0.152 e. The van der Waals surface area contributed by atoms with Gasteiger partial charge in [-0.25, -0.2) is 8.42 Å². The molecule has 0 aromatic heterocycles. The molecule has 6 heteroatoms. The van der Waals surface area contributed by atoms with Crippen LogP contribution >= 0.6 is 0 Å². The number of methoxy groups -OCH3 is 1. The van der Waals surface area contributed by atoms with Crippen LogP contribution in [0.2, 0.25) is 0 Å². The number of sulfone groups is 1. The van der Waals surface area contributed by atoms with E-state index in [0.29, 0.717) is 17.7 Å². The molecule has 1 fully saturated rings. The Kier molecular flexibility index (Phi) is 4.25. The van der Waals surface area contributed by atoms with Crippen LogP contribution in [0.25, 0.3) is 0 Å². The van der Waals surface area contributed by atoms with Gasteiger partial charge >= 0.3 is 0 Å². The van der Waals surface area contributed by atoms with Gasteiger partial charge in [-0.1, -0.05) is 6.07 Å². The van der Waals surface area contributed by atoms with E-state index in [0.717, 1.165) is 5.69 Å². The summed E-state index contributed by atoms with van der Waals surface area (Å²) in [7, 11) is 0.495. The molecule has 0 spiro atoms. The van der Waals surface area contributed by atoms with Gasteiger partial charge < -0.3 is 14.7 Å². The Morgan fingerprint density at radius 2 is 2.15 bits per heavy atom. The molecule has 0 amide bonds. The van der Waals surface area contributed by atoms with Gasteiger partial charge in [-0.15, -0.1) is 0 Å². The van der Waals surface area contributed by atoms with E-state index in [2.05, 4.69) is 0 Å². The molecule has 20 heavy (non-hydrogen) atoms. The van der Waals surface area contributed by atoms with Crippen LogP contribution < -0.4 is 9.64 Å². The van der Waals surface area contributed by atoms with Crippen molar-refractivity contribution in [3.8, 4) is 5.75 Å². The van der Waals surface area contributed by atoms with Gasteiger partial charge in [0.25, 0.3) is 0 Å². The lowest BCUT2D eigenvalue weighted by Crippen LogP contribution is -2.33. The molecule has 1 N–H and O–H groups in total. The van der Waals surface area contributed by atoms with Gasteiger partial charge in [0.1, 0.15) is 5.75 Å². The molecule has 0 radical (unpaired) electrons. The van der Waals surface area contributed by atoms with E-state index in [4.69, 9.17) is 4.74 Å². The summed E-state index contributed by atoms with van der Waals surface area (Å²) in [5.74, 6) is 1.01. The van der Waals surface area contributed by atoms with Crippen LogP contribution in [0.4, 0.5) is 5.69 Å². The van der Waals surface area contributed by atoms with Gasteiger partial charge in [0.05, 0.1) is 24.7 Å². The fourth-order valence-corrected chi connectivity index (χ4v) is 4.49. The lowest BCUT2D eigenvalue weighted by Gasteiger charge is -2.29. The number of hydrogen-bond donors (Lipinski definition) is 1. The Bertz CT molecular complexity index is 583. The number of rotatable bonds is 4. The molecule has 1 saturated heterocycles. The van der Waals surface area contributed by atoms with Crippen LogP contribution in [0.15, 0.2) is 18.2 Å². The van der Waals surface area contributed by atoms with Crippen LogP contribution in [-0.4, -0.2) is 45.2 Å². The van der Waals surface area contributed by atoms with E-state index in [1.807, 2.05) is 24.1 Å². The maximum atomic E-state index is 11.6. The molecular formula is C14H21NO4S. The zero-order valence-electron chi connectivity index (χ0n) is 12.0. The lowest BCUT2D eigenvalue weighted by atomic mass is 10.0. The second-order valence-corrected chi connectivity index (χ2v) is 7.47. The van der Waals surface area contributed by atoms with E-state index in [1.165, 1.54) is 0 Å². The minimum Gasteiger partial charge on any atom is -0.496 e. The summed E-state index contributed by atoms with van der Waals surface area (Å²) in [6.45, 7) is 1.68. The van der Waals surface area contributed by atoms with Crippen molar-refractivity contribution in [2.24, 2.45) is 0 Å². The number of aliphatic hydroxyl groups excluding tert-OH is 1. The molecule has 1 aromatic carbocycles. The van der Waals surface area contributed by atoms with Crippen molar-refractivity contribution in [2.75, 3.05) is 30.6 Å². The highest BCUT2D eigenvalue weighted by Crippen LogP contribution is 2.36. The standard InChI is InChI=1S/C14H21NO4S/c1-10(16)14-12(5-4-6-13(14)19-3)15(2)11-7-8-20(17,18)9-11/h4-6,10-11,16H,7-9H2,1-3H3/t10-,11?/m1/s1. The van der Waals surface area contributed by atoms with Crippen molar-refractivity contribution in [1.82, 2.24) is 0 Å². The molecule has 1 aliphatic rings. The molecule has 2 atom stereocenters. The first-order valence-corrected chi connectivity index (χ1v) is 8.46. The lowest BCUT2D eigenvalue weighted by molar-refractivity contribution is 0.194. The minimum atomic E-state index is -2.93. The number of aliphatic hydroxyl groups is 1. The van der Waals surface area contributed by atoms with Gasteiger partial charge in [-0.05, 0) is 25.5 Å². The third-order valence-corrected chi connectivity index (χ3v) is 5.57.